The van der Waals surface area contributed by atoms with Gasteiger partial charge in [0.15, 0.2) is 0 Å². The second-order valence-corrected chi connectivity index (χ2v) is 5.98. The van der Waals surface area contributed by atoms with Gasteiger partial charge >= 0.3 is 6.09 Å². The maximum Gasteiger partial charge on any atom is 0.435 e. The second-order valence-electron chi connectivity index (χ2n) is 5.98. The molecule has 3 rings (SSSR count). The molecule has 0 aliphatic heterocycles. The number of ether oxygens (including phenoxy) is 1. The van der Waals surface area contributed by atoms with Crippen LogP contribution in [0.25, 0.3) is 0 Å². The minimum absolute atomic E-state index is 0.177. The van der Waals surface area contributed by atoms with Gasteiger partial charge in [0.1, 0.15) is 12.3 Å². The van der Waals surface area contributed by atoms with Crippen LogP contribution in [0.15, 0.2) is 89.9 Å². The van der Waals surface area contributed by atoms with Crippen LogP contribution in [-0.4, -0.2) is 11.8 Å². The molecule has 0 bridgehead atoms. The Bertz CT molecular complexity index is 979. The number of carbonyl (C=O) groups is 1. The van der Waals surface area contributed by atoms with Gasteiger partial charge in [-0.15, -0.1) is 0 Å². The zero-order valence-corrected chi connectivity index (χ0v) is 15.1. The van der Waals surface area contributed by atoms with Crippen molar-refractivity contribution in [2.24, 2.45) is 4.99 Å². The van der Waals surface area contributed by atoms with E-state index in [0.717, 1.165) is 16.7 Å². The SMILES string of the molecule is Cc1ccc(C#C/C(=N/C(=O)OCc2ccccc2)c2ccccc2)cc1. The third-order valence-corrected chi connectivity index (χ3v) is 3.83. The summed E-state index contributed by atoms with van der Waals surface area (Å²) in [5, 5.41) is 0. The molecule has 0 N–H and O–H groups in total. The summed E-state index contributed by atoms with van der Waals surface area (Å²) in [6.45, 7) is 2.20. The van der Waals surface area contributed by atoms with Crippen molar-refractivity contribution in [2.75, 3.05) is 0 Å². The van der Waals surface area contributed by atoms with Gasteiger partial charge in [0.05, 0.1) is 0 Å². The topological polar surface area (TPSA) is 38.7 Å². The molecule has 0 saturated carbocycles. The molecule has 0 aromatic heterocycles. The molecule has 0 fully saturated rings. The molecule has 0 aliphatic carbocycles. The number of aliphatic imine (C=N–C) groups is 1. The standard InChI is InChI=1S/C24H19NO2/c1-19-12-14-20(15-13-19)16-17-23(22-10-6-3-7-11-22)25-24(26)27-18-21-8-4-2-5-9-21/h2-15H,18H2,1H3/b25-23-. The van der Waals surface area contributed by atoms with Gasteiger partial charge in [0, 0.05) is 11.1 Å². The van der Waals surface area contributed by atoms with Gasteiger partial charge in [-0.3, -0.25) is 0 Å². The number of nitrogens with zero attached hydrogens (tertiary/aromatic N) is 1. The predicted octanol–water partition coefficient (Wildman–Crippen LogP) is 5.17. The van der Waals surface area contributed by atoms with Crippen LogP contribution < -0.4 is 0 Å². The zero-order valence-electron chi connectivity index (χ0n) is 15.1. The van der Waals surface area contributed by atoms with E-state index in [1.54, 1.807) is 0 Å². The minimum atomic E-state index is -0.657. The maximum absolute atomic E-state index is 12.2. The summed E-state index contributed by atoms with van der Waals surface area (Å²) >= 11 is 0. The van der Waals surface area contributed by atoms with Crippen molar-refractivity contribution in [3.63, 3.8) is 0 Å². The van der Waals surface area contributed by atoms with E-state index < -0.39 is 6.09 Å². The van der Waals surface area contributed by atoms with Gasteiger partial charge in [-0.2, -0.15) is 4.99 Å². The Balaban J connectivity index is 1.80. The first kappa shape index (κ1) is 18.2. The molecule has 0 spiro atoms. The fraction of sp³-hybridized carbons (Fsp3) is 0.0833. The summed E-state index contributed by atoms with van der Waals surface area (Å²) in [4.78, 5) is 16.3. The van der Waals surface area contributed by atoms with Gasteiger partial charge in [-0.1, -0.05) is 84.3 Å². The first-order valence-electron chi connectivity index (χ1n) is 8.64. The normalized spacial score (nSPS) is 10.6. The highest BCUT2D eigenvalue weighted by atomic mass is 16.5. The van der Waals surface area contributed by atoms with E-state index in [1.807, 2.05) is 91.9 Å². The van der Waals surface area contributed by atoms with Crippen LogP contribution in [-0.2, 0) is 11.3 Å². The number of rotatable bonds is 3. The number of aryl methyl sites for hydroxylation is 1. The Morgan fingerprint density at radius 3 is 2.19 bits per heavy atom. The predicted molar refractivity (Wildman–Crippen MR) is 108 cm³/mol. The van der Waals surface area contributed by atoms with E-state index in [4.69, 9.17) is 4.74 Å². The van der Waals surface area contributed by atoms with Crippen LogP contribution >= 0.6 is 0 Å². The van der Waals surface area contributed by atoms with E-state index >= 15 is 0 Å². The molecule has 0 unspecified atom stereocenters. The fourth-order valence-corrected chi connectivity index (χ4v) is 2.37. The van der Waals surface area contributed by atoms with Crippen molar-refractivity contribution >= 4 is 11.8 Å². The largest absolute Gasteiger partial charge is 0.443 e. The summed E-state index contributed by atoms with van der Waals surface area (Å²) in [5.41, 5.74) is 4.10. The average Bonchev–Trinajstić information content (AvgIpc) is 2.72. The fourth-order valence-electron chi connectivity index (χ4n) is 2.37. The summed E-state index contributed by atoms with van der Waals surface area (Å²) in [6.07, 6.45) is -0.657. The summed E-state index contributed by atoms with van der Waals surface area (Å²) < 4.78 is 5.25. The van der Waals surface area contributed by atoms with Crippen molar-refractivity contribution < 1.29 is 9.53 Å². The maximum atomic E-state index is 12.2. The molecule has 1 amide bonds. The van der Waals surface area contributed by atoms with Gasteiger partial charge < -0.3 is 4.74 Å². The van der Waals surface area contributed by atoms with Crippen LogP contribution in [0.3, 0.4) is 0 Å². The van der Waals surface area contributed by atoms with Crippen molar-refractivity contribution in [2.45, 2.75) is 13.5 Å². The molecule has 132 valence electrons. The summed E-state index contributed by atoms with van der Waals surface area (Å²) in [5.74, 6) is 6.06. The van der Waals surface area contributed by atoms with Crippen LogP contribution in [0.4, 0.5) is 4.79 Å². The Labute approximate surface area is 159 Å². The highest BCUT2D eigenvalue weighted by Crippen LogP contribution is 2.06. The number of hydrogen-bond donors (Lipinski definition) is 0. The van der Waals surface area contributed by atoms with Crippen molar-refractivity contribution in [1.29, 1.82) is 0 Å². The molecule has 0 heterocycles. The third kappa shape index (κ3) is 5.69. The van der Waals surface area contributed by atoms with Gasteiger partial charge in [0.2, 0.25) is 0 Å². The highest BCUT2D eigenvalue weighted by Gasteiger charge is 2.06. The summed E-state index contributed by atoms with van der Waals surface area (Å²) in [7, 11) is 0. The van der Waals surface area contributed by atoms with Crippen molar-refractivity contribution in [3.8, 4) is 11.8 Å². The quantitative estimate of drug-likeness (QED) is 0.481. The molecule has 3 aromatic carbocycles. The Morgan fingerprint density at radius 1 is 0.889 bits per heavy atom. The lowest BCUT2D eigenvalue weighted by Gasteiger charge is -2.03. The minimum Gasteiger partial charge on any atom is -0.443 e. The molecule has 3 heteroatoms. The number of benzene rings is 3. The van der Waals surface area contributed by atoms with E-state index in [1.165, 1.54) is 5.56 Å². The monoisotopic (exact) mass is 353 g/mol. The lowest BCUT2D eigenvalue weighted by Crippen LogP contribution is -2.05. The molecular weight excluding hydrogens is 334 g/mol. The Kier molecular flexibility index (Phi) is 6.17. The molecule has 3 nitrogen and oxygen atoms in total. The Hall–Kier alpha value is -3.64. The van der Waals surface area contributed by atoms with Gasteiger partial charge in [0.25, 0.3) is 0 Å². The number of carbonyl (C=O) groups excluding carboxylic acids is 1. The third-order valence-electron chi connectivity index (χ3n) is 3.83. The van der Waals surface area contributed by atoms with Crippen molar-refractivity contribution in [1.82, 2.24) is 0 Å². The summed E-state index contributed by atoms with van der Waals surface area (Å²) in [6, 6.07) is 26.8. The van der Waals surface area contributed by atoms with E-state index in [-0.39, 0.29) is 6.61 Å². The zero-order chi connectivity index (χ0) is 18.9. The van der Waals surface area contributed by atoms with Gasteiger partial charge in [-0.25, -0.2) is 4.79 Å². The molecule has 0 atom stereocenters. The average molecular weight is 353 g/mol. The lowest BCUT2D eigenvalue weighted by molar-refractivity contribution is 0.151. The first-order chi connectivity index (χ1) is 13.2. The van der Waals surface area contributed by atoms with Gasteiger partial charge in [-0.05, 0) is 30.5 Å². The molecule has 0 aliphatic rings. The van der Waals surface area contributed by atoms with E-state index in [9.17, 15) is 4.79 Å². The van der Waals surface area contributed by atoms with E-state index in [2.05, 4.69) is 16.8 Å². The smallest absolute Gasteiger partial charge is 0.435 e. The van der Waals surface area contributed by atoms with Crippen molar-refractivity contribution in [3.05, 3.63) is 107 Å². The lowest BCUT2D eigenvalue weighted by atomic mass is 10.1. The first-order valence-corrected chi connectivity index (χ1v) is 8.64. The van der Waals surface area contributed by atoms with Crippen LogP contribution in [0.1, 0.15) is 22.3 Å². The van der Waals surface area contributed by atoms with Crippen LogP contribution in [0.5, 0.6) is 0 Å². The highest BCUT2D eigenvalue weighted by molar-refractivity contribution is 6.16. The molecule has 0 saturated heterocycles. The van der Waals surface area contributed by atoms with Crippen LogP contribution in [0, 0.1) is 18.8 Å². The number of hydrogen-bond acceptors (Lipinski definition) is 2. The molecule has 0 radical (unpaired) electrons. The van der Waals surface area contributed by atoms with Crippen LogP contribution in [0.2, 0.25) is 0 Å². The molecule has 27 heavy (non-hydrogen) atoms. The molecular formula is C24H19NO2. The Morgan fingerprint density at radius 2 is 1.52 bits per heavy atom. The van der Waals surface area contributed by atoms with E-state index in [0.29, 0.717) is 5.71 Å². The number of amides is 1. The molecule has 3 aromatic rings. The second kappa shape index (κ2) is 9.17.